The quantitative estimate of drug-likeness (QED) is 0.183. The van der Waals surface area contributed by atoms with Gasteiger partial charge in [-0.05, 0) is 75.4 Å². The van der Waals surface area contributed by atoms with Crippen LogP contribution in [0.15, 0.2) is 76.7 Å². The van der Waals surface area contributed by atoms with Gasteiger partial charge in [0.25, 0.3) is 5.56 Å². The number of nitrogens with zero attached hydrogens (tertiary/aromatic N) is 4. The molecule has 3 aromatic heterocycles. The van der Waals surface area contributed by atoms with Crippen LogP contribution < -0.4 is 24.4 Å². The number of aromatic nitrogens is 3. The molecule has 0 unspecified atom stereocenters. The number of methoxy groups -OCH3 is 1. The summed E-state index contributed by atoms with van der Waals surface area (Å²) in [7, 11) is 1.55. The first-order chi connectivity index (χ1) is 20.2. The van der Waals surface area contributed by atoms with Crippen LogP contribution in [0.4, 0.5) is 0 Å². The molecule has 0 aliphatic carbocycles. The molecule has 218 valence electrons. The maximum atomic E-state index is 14.0. The highest BCUT2D eigenvalue weighted by molar-refractivity contribution is 9.10. The summed E-state index contributed by atoms with van der Waals surface area (Å²) in [6, 6.07) is 8.10. The van der Waals surface area contributed by atoms with Gasteiger partial charge in [0.1, 0.15) is 5.76 Å². The number of aryl methyl sites for hydroxylation is 1. The summed E-state index contributed by atoms with van der Waals surface area (Å²) in [6.07, 6.45) is 3.36. The van der Waals surface area contributed by atoms with Crippen molar-refractivity contribution in [3.8, 4) is 11.5 Å². The fraction of sp³-hybridized carbons (Fsp3) is 0.276. The Morgan fingerprint density at radius 1 is 1.19 bits per heavy atom. The van der Waals surface area contributed by atoms with E-state index in [0.717, 1.165) is 5.69 Å². The molecule has 0 saturated heterocycles. The number of ether oxygens (including phenoxy) is 3. The minimum Gasteiger partial charge on any atom is -0.493 e. The molecule has 0 amide bonds. The minimum absolute atomic E-state index is 0.174. The van der Waals surface area contributed by atoms with Crippen molar-refractivity contribution in [1.82, 2.24) is 14.5 Å². The molecular formula is C29H27BrN4O6S2. The van der Waals surface area contributed by atoms with Crippen LogP contribution in [0.5, 0.6) is 11.5 Å². The number of furan rings is 1. The normalized spacial score (nSPS) is 14.9. The zero-order valence-corrected chi connectivity index (χ0v) is 26.7. The molecular weight excluding hydrogens is 644 g/mol. The van der Waals surface area contributed by atoms with Crippen LogP contribution in [0.25, 0.3) is 6.08 Å². The number of hydrogen-bond acceptors (Lipinski definition) is 11. The molecule has 4 aromatic rings. The topological polar surface area (TPSA) is 118 Å². The predicted octanol–water partition coefficient (Wildman–Crippen LogP) is 4.81. The zero-order valence-electron chi connectivity index (χ0n) is 23.5. The van der Waals surface area contributed by atoms with Crippen molar-refractivity contribution in [3.05, 3.63) is 89.0 Å². The molecule has 0 saturated carbocycles. The number of esters is 1. The van der Waals surface area contributed by atoms with E-state index in [4.69, 9.17) is 18.6 Å². The number of carbonyl (C=O) groups excluding carboxylic acids is 1. The molecule has 1 aliphatic heterocycles. The average molecular weight is 672 g/mol. The fourth-order valence-electron chi connectivity index (χ4n) is 4.44. The molecule has 4 heterocycles. The monoisotopic (exact) mass is 670 g/mol. The van der Waals surface area contributed by atoms with Gasteiger partial charge in [-0.1, -0.05) is 27.3 Å². The molecule has 0 spiro atoms. The van der Waals surface area contributed by atoms with Gasteiger partial charge in [-0.2, -0.15) is 0 Å². The van der Waals surface area contributed by atoms with E-state index in [2.05, 4.69) is 30.9 Å². The van der Waals surface area contributed by atoms with Crippen molar-refractivity contribution < 1.29 is 23.4 Å². The van der Waals surface area contributed by atoms with Crippen LogP contribution in [-0.4, -0.2) is 40.8 Å². The third-order valence-corrected chi connectivity index (χ3v) is 8.70. The number of rotatable bonds is 9. The highest BCUT2D eigenvalue weighted by Crippen LogP contribution is 2.41. The Bertz CT molecular complexity index is 1880. The lowest BCUT2D eigenvalue weighted by Crippen LogP contribution is -2.40. The van der Waals surface area contributed by atoms with E-state index in [-0.39, 0.29) is 17.7 Å². The zero-order chi connectivity index (χ0) is 30.0. The Balaban J connectivity index is 1.63. The van der Waals surface area contributed by atoms with E-state index in [1.807, 2.05) is 19.9 Å². The molecule has 0 fully saturated rings. The summed E-state index contributed by atoms with van der Waals surface area (Å²) in [5.74, 6) is 0.930. The van der Waals surface area contributed by atoms with Crippen molar-refractivity contribution in [2.24, 2.45) is 4.99 Å². The van der Waals surface area contributed by atoms with Crippen LogP contribution in [0, 0.1) is 6.92 Å². The van der Waals surface area contributed by atoms with Gasteiger partial charge in [0.2, 0.25) is 0 Å². The first-order valence-electron chi connectivity index (χ1n) is 13.0. The highest BCUT2D eigenvalue weighted by Gasteiger charge is 2.35. The lowest BCUT2D eigenvalue weighted by Gasteiger charge is -2.26. The number of halogens is 1. The molecule has 10 nitrogen and oxygen atoms in total. The summed E-state index contributed by atoms with van der Waals surface area (Å²) >= 11 is 6.12. The van der Waals surface area contributed by atoms with Crippen LogP contribution >= 0.6 is 39.0 Å². The van der Waals surface area contributed by atoms with Gasteiger partial charge < -0.3 is 18.6 Å². The smallest absolute Gasteiger partial charge is 0.338 e. The number of hydrogen-bond donors (Lipinski definition) is 0. The predicted molar refractivity (Wildman–Crippen MR) is 162 cm³/mol. The summed E-state index contributed by atoms with van der Waals surface area (Å²) < 4.78 is 25.2. The molecule has 42 heavy (non-hydrogen) atoms. The van der Waals surface area contributed by atoms with E-state index in [1.54, 1.807) is 57.5 Å². The second kappa shape index (κ2) is 12.7. The largest absolute Gasteiger partial charge is 0.493 e. The molecule has 1 aliphatic rings. The Morgan fingerprint density at radius 3 is 2.71 bits per heavy atom. The van der Waals surface area contributed by atoms with E-state index >= 15 is 0 Å². The number of benzene rings is 1. The number of allylic oxidation sites excluding steroid dienone is 1. The van der Waals surface area contributed by atoms with E-state index in [0.29, 0.717) is 59.2 Å². The lowest BCUT2D eigenvalue weighted by atomic mass is 9.95. The second-order valence-electron chi connectivity index (χ2n) is 9.00. The summed E-state index contributed by atoms with van der Waals surface area (Å²) in [6.45, 7) is 7.80. The average Bonchev–Trinajstić information content (AvgIpc) is 3.52. The Morgan fingerprint density at radius 2 is 2.00 bits per heavy atom. The second-order valence-corrected chi connectivity index (χ2v) is 11.8. The van der Waals surface area contributed by atoms with Crippen molar-refractivity contribution in [3.63, 3.8) is 0 Å². The van der Waals surface area contributed by atoms with Crippen molar-refractivity contribution in [2.75, 3.05) is 20.3 Å². The van der Waals surface area contributed by atoms with Crippen LogP contribution in [0.1, 0.15) is 43.8 Å². The van der Waals surface area contributed by atoms with Gasteiger partial charge in [-0.25, -0.2) is 19.8 Å². The maximum absolute atomic E-state index is 14.0. The maximum Gasteiger partial charge on any atom is 0.338 e. The Labute approximate surface area is 257 Å². The first-order valence-corrected chi connectivity index (χ1v) is 15.4. The van der Waals surface area contributed by atoms with Gasteiger partial charge in [-0.3, -0.25) is 9.36 Å². The molecule has 1 atom stereocenters. The van der Waals surface area contributed by atoms with Crippen LogP contribution in [0.2, 0.25) is 0 Å². The fourth-order valence-corrected chi connectivity index (χ4v) is 6.76. The van der Waals surface area contributed by atoms with Gasteiger partial charge in [0, 0.05) is 22.4 Å². The van der Waals surface area contributed by atoms with Gasteiger partial charge in [-0.15, -0.1) is 0 Å². The molecule has 13 heteroatoms. The first kappa shape index (κ1) is 29.8. The molecule has 0 bridgehead atoms. The van der Waals surface area contributed by atoms with Gasteiger partial charge in [0.15, 0.2) is 26.5 Å². The summed E-state index contributed by atoms with van der Waals surface area (Å²) in [5.41, 5.74) is 1.87. The highest BCUT2D eigenvalue weighted by atomic mass is 79.9. The van der Waals surface area contributed by atoms with Crippen molar-refractivity contribution in [1.29, 1.82) is 0 Å². The SMILES string of the molecule is CCOC(=O)C1=C(C)N=c2s/c(=C/c3ccc(Sc4nccc(C)n4)o3)c(=O)n2[C@@H]1c1cc(OCC)c(OC)cc1Br. The lowest BCUT2D eigenvalue weighted by molar-refractivity contribution is -0.139. The van der Waals surface area contributed by atoms with Crippen molar-refractivity contribution >= 4 is 51.1 Å². The Kier molecular flexibility index (Phi) is 8.99. The molecule has 5 rings (SSSR count). The van der Waals surface area contributed by atoms with Gasteiger partial charge in [0.05, 0.1) is 42.2 Å². The number of fused-ring (bicyclic) bond motifs is 1. The third kappa shape index (κ3) is 5.94. The standard InChI is InChI=1S/C29H27BrN4O6S2/c1-6-38-21-13-18(19(30)14-20(21)37-5)25-24(27(36)39-7-2)16(4)33-29-34(25)26(35)22(41-29)12-17-8-9-23(40-17)42-28-31-11-10-15(3)32-28/h8-14,25H,6-7H2,1-5H3/b22-12+/t25-/m1/s1. The molecule has 0 N–H and O–H groups in total. The molecule has 1 aromatic carbocycles. The third-order valence-electron chi connectivity index (χ3n) is 6.23. The van der Waals surface area contributed by atoms with Gasteiger partial charge >= 0.3 is 5.97 Å². The van der Waals surface area contributed by atoms with E-state index < -0.39 is 12.0 Å². The summed E-state index contributed by atoms with van der Waals surface area (Å²) in [4.78, 5) is 41.0. The number of carbonyl (C=O) groups is 1. The van der Waals surface area contributed by atoms with Crippen LogP contribution in [0.3, 0.4) is 0 Å². The minimum atomic E-state index is -0.830. The summed E-state index contributed by atoms with van der Waals surface area (Å²) in [5, 5.41) is 1.15. The van der Waals surface area contributed by atoms with Crippen molar-refractivity contribution in [2.45, 2.75) is 44.0 Å². The Hall–Kier alpha value is -3.68. The van der Waals surface area contributed by atoms with E-state index in [9.17, 15) is 9.59 Å². The van der Waals surface area contributed by atoms with E-state index in [1.165, 1.54) is 27.7 Å². The number of thiazole rings is 1. The van der Waals surface area contributed by atoms with Crippen LogP contribution in [-0.2, 0) is 9.53 Å². The molecule has 0 radical (unpaired) electrons.